The van der Waals surface area contributed by atoms with E-state index in [1.165, 1.54) is 0 Å². The van der Waals surface area contributed by atoms with Gasteiger partial charge in [0, 0.05) is 15.6 Å². The van der Waals surface area contributed by atoms with Crippen LogP contribution < -0.4 is 10.9 Å². The van der Waals surface area contributed by atoms with Crippen LogP contribution in [0.3, 0.4) is 0 Å². The smallest absolute Gasteiger partial charge is 0.267 e. The van der Waals surface area contributed by atoms with Crippen LogP contribution in [0.1, 0.15) is 26.3 Å². The monoisotopic (exact) mass is 357 g/mol. The Bertz CT molecular complexity index is 736. The molecule has 5 nitrogen and oxygen atoms in total. The summed E-state index contributed by atoms with van der Waals surface area (Å²) < 4.78 is 0.863. The van der Waals surface area contributed by atoms with Crippen molar-refractivity contribution in [2.75, 3.05) is 0 Å². The van der Waals surface area contributed by atoms with Crippen molar-refractivity contribution in [3.05, 3.63) is 69.7 Å². The molecule has 0 atom stereocenters. The maximum atomic E-state index is 12.0. The first-order chi connectivity index (χ1) is 10.6. The largest absolute Gasteiger partial charge is 0.269 e. The van der Waals surface area contributed by atoms with Crippen LogP contribution >= 0.6 is 15.9 Å². The van der Waals surface area contributed by atoms with Crippen LogP contribution in [0.25, 0.3) is 0 Å². The first-order valence-corrected chi connectivity index (χ1v) is 7.21. The highest BCUT2D eigenvalue weighted by Crippen LogP contribution is 2.10. The minimum Gasteiger partial charge on any atom is -0.267 e. The lowest BCUT2D eigenvalue weighted by Gasteiger charge is -2.08. The van der Waals surface area contributed by atoms with Gasteiger partial charge in [0.15, 0.2) is 0 Å². The lowest BCUT2D eigenvalue weighted by atomic mass is 10.1. The van der Waals surface area contributed by atoms with E-state index in [1.54, 1.807) is 48.5 Å². The minimum absolute atomic E-state index is 0.229. The summed E-state index contributed by atoms with van der Waals surface area (Å²) in [5.41, 5.74) is 6.25. The summed E-state index contributed by atoms with van der Waals surface area (Å²) >= 11 is 3.28. The molecule has 0 aliphatic heterocycles. The van der Waals surface area contributed by atoms with Crippen LogP contribution in [0.4, 0.5) is 0 Å². The molecule has 0 fully saturated rings. The lowest BCUT2D eigenvalue weighted by Crippen LogP contribution is -2.41. The Morgan fingerprint density at radius 1 is 1.00 bits per heavy atom. The topological polar surface area (TPSA) is 82.0 Å². The molecule has 6 heteroatoms. The van der Waals surface area contributed by atoms with Crippen molar-refractivity contribution in [2.45, 2.75) is 6.42 Å². The van der Waals surface area contributed by atoms with Crippen molar-refractivity contribution in [3.8, 4) is 6.07 Å². The van der Waals surface area contributed by atoms with Gasteiger partial charge < -0.3 is 0 Å². The summed E-state index contributed by atoms with van der Waals surface area (Å²) in [6.07, 6.45) is 0.229. The van der Waals surface area contributed by atoms with Gasteiger partial charge in [-0.2, -0.15) is 5.26 Å². The predicted octanol–water partition coefficient (Wildman–Crippen LogP) is 2.59. The van der Waals surface area contributed by atoms with E-state index in [0.717, 1.165) is 10.0 Å². The van der Waals surface area contributed by atoms with Crippen molar-refractivity contribution in [3.63, 3.8) is 0 Å². The third-order valence-electron chi connectivity index (χ3n) is 2.87. The van der Waals surface area contributed by atoms with Gasteiger partial charge in [-0.25, -0.2) is 0 Å². The normalized spacial score (nSPS) is 9.64. The molecule has 2 aromatic rings. The fraction of sp³-hybridized carbons (Fsp3) is 0.0625. The van der Waals surface area contributed by atoms with Crippen LogP contribution in [0.5, 0.6) is 0 Å². The van der Waals surface area contributed by atoms with Crippen LogP contribution in [-0.4, -0.2) is 11.8 Å². The van der Waals surface area contributed by atoms with Gasteiger partial charge in [-0.1, -0.05) is 28.1 Å². The van der Waals surface area contributed by atoms with Gasteiger partial charge in [0.25, 0.3) is 11.8 Å². The van der Waals surface area contributed by atoms with Crippen LogP contribution in [0.2, 0.25) is 0 Å². The van der Waals surface area contributed by atoms with Gasteiger partial charge >= 0.3 is 0 Å². The molecule has 0 unspecified atom stereocenters. The van der Waals surface area contributed by atoms with E-state index in [0.29, 0.717) is 11.1 Å². The van der Waals surface area contributed by atoms with Gasteiger partial charge in [-0.15, -0.1) is 0 Å². The average molecular weight is 358 g/mol. The Morgan fingerprint density at radius 2 is 1.64 bits per heavy atom. The summed E-state index contributed by atoms with van der Waals surface area (Å²) in [5, 5.41) is 8.66. The second-order valence-corrected chi connectivity index (χ2v) is 5.37. The number of hydrazine groups is 1. The number of carbonyl (C=O) groups excluding carboxylic acids is 2. The van der Waals surface area contributed by atoms with Crippen molar-refractivity contribution in [2.24, 2.45) is 0 Å². The first-order valence-electron chi connectivity index (χ1n) is 6.42. The second-order valence-electron chi connectivity index (χ2n) is 4.45. The SMILES string of the molecule is N#CCc1cccc(C(=O)NNC(=O)c2ccc(Br)cc2)c1. The quantitative estimate of drug-likeness (QED) is 0.828. The molecule has 0 spiro atoms. The first kappa shape index (κ1) is 15.7. The van der Waals surface area contributed by atoms with Crippen molar-refractivity contribution >= 4 is 27.7 Å². The molecule has 2 N–H and O–H groups in total. The molecule has 110 valence electrons. The van der Waals surface area contributed by atoms with E-state index in [9.17, 15) is 9.59 Å². The van der Waals surface area contributed by atoms with E-state index in [1.807, 2.05) is 6.07 Å². The Labute approximate surface area is 136 Å². The van der Waals surface area contributed by atoms with Gasteiger partial charge in [0.1, 0.15) is 0 Å². The summed E-state index contributed by atoms with van der Waals surface area (Å²) in [5.74, 6) is -0.848. The Hall–Kier alpha value is -2.65. The molecule has 2 aromatic carbocycles. The summed E-state index contributed by atoms with van der Waals surface area (Å²) in [6, 6.07) is 15.5. The van der Waals surface area contributed by atoms with E-state index < -0.39 is 11.8 Å². The molecular formula is C16H12BrN3O2. The summed E-state index contributed by atoms with van der Waals surface area (Å²) in [6.45, 7) is 0. The number of hydrogen-bond acceptors (Lipinski definition) is 3. The summed E-state index contributed by atoms with van der Waals surface area (Å²) in [4.78, 5) is 23.9. The number of amides is 2. The molecular weight excluding hydrogens is 346 g/mol. The van der Waals surface area contributed by atoms with E-state index in [2.05, 4.69) is 26.8 Å². The third kappa shape index (κ3) is 4.17. The molecule has 0 saturated heterocycles. The molecule has 0 heterocycles. The molecule has 0 aliphatic rings. The fourth-order valence-electron chi connectivity index (χ4n) is 1.77. The lowest BCUT2D eigenvalue weighted by molar-refractivity contribution is 0.0846. The Morgan fingerprint density at radius 3 is 2.27 bits per heavy atom. The molecule has 0 bridgehead atoms. The highest BCUT2D eigenvalue weighted by molar-refractivity contribution is 9.10. The highest BCUT2D eigenvalue weighted by atomic mass is 79.9. The van der Waals surface area contributed by atoms with Crippen molar-refractivity contribution in [1.82, 2.24) is 10.9 Å². The molecule has 0 aliphatic carbocycles. The fourth-order valence-corrected chi connectivity index (χ4v) is 2.04. The number of halogens is 1. The third-order valence-corrected chi connectivity index (χ3v) is 3.40. The Balaban J connectivity index is 1.98. The number of carbonyl (C=O) groups is 2. The zero-order valence-corrected chi connectivity index (χ0v) is 13.1. The minimum atomic E-state index is -0.440. The van der Waals surface area contributed by atoms with E-state index in [-0.39, 0.29) is 6.42 Å². The number of nitriles is 1. The second kappa shape index (κ2) is 7.38. The van der Waals surface area contributed by atoms with Gasteiger partial charge in [0.2, 0.25) is 0 Å². The van der Waals surface area contributed by atoms with Crippen LogP contribution in [0.15, 0.2) is 53.0 Å². The zero-order chi connectivity index (χ0) is 15.9. The van der Waals surface area contributed by atoms with Crippen molar-refractivity contribution < 1.29 is 9.59 Å². The number of hydrogen-bond donors (Lipinski definition) is 2. The standard InChI is InChI=1S/C16H12BrN3O2/c17-14-6-4-12(5-7-14)15(21)19-20-16(22)13-3-1-2-11(10-13)8-9-18/h1-7,10H,8H2,(H,19,21)(H,20,22). The molecule has 0 saturated carbocycles. The number of nitrogens with zero attached hydrogens (tertiary/aromatic N) is 1. The average Bonchev–Trinajstić information content (AvgIpc) is 2.53. The maximum Gasteiger partial charge on any atom is 0.269 e. The van der Waals surface area contributed by atoms with E-state index in [4.69, 9.17) is 5.26 Å². The van der Waals surface area contributed by atoms with Crippen LogP contribution in [-0.2, 0) is 6.42 Å². The molecule has 22 heavy (non-hydrogen) atoms. The van der Waals surface area contributed by atoms with Crippen molar-refractivity contribution in [1.29, 1.82) is 5.26 Å². The zero-order valence-electron chi connectivity index (χ0n) is 11.5. The van der Waals surface area contributed by atoms with Crippen LogP contribution in [0, 0.1) is 11.3 Å². The highest BCUT2D eigenvalue weighted by Gasteiger charge is 2.09. The molecule has 2 rings (SSSR count). The maximum absolute atomic E-state index is 12.0. The number of benzene rings is 2. The Kier molecular flexibility index (Phi) is 5.28. The molecule has 0 radical (unpaired) electrons. The molecule has 0 aromatic heterocycles. The summed E-state index contributed by atoms with van der Waals surface area (Å²) in [7, 11) is 0. The van der Waals surface area contributed by atoms with Gasteiger partial charge in [-0.3, -0.25) is 20.4 Å². The van der Waals surface area contributed by atoms with Gasteiger partial charge in [-0.05, 0) is 42.0 Å². The number of rotatable bonds is 3. The molecule has 2 amide bonds. The van der Waals surface area contributed by atoms with Gasteiger partial charge in [0.05, 0.1) is 12.5 Å². The predicted molar refractivity (Wildman–Crippen MR) is 84.8 cm³/mol. The number of nitrogens with one attached hydrogen (secondary N) is 2. The van der Waals surface area contributed by atoms with E-state index >= 15 is 0 Å².